The summed E-state index contributed by atoms with van der Waals surface area (Å²) in [5, 5.41) is 17.5. The van der Waals surface area contributed by atoms with Crippen molar-refractivity contribution >= 4 is 47.2 Å². The summed E-state index contributed by atoms with van der Waals surface area (Å²) < 4.78 is 0. The molecule has 0 saturated carbocycles. The van der Waals surface area contributed by atoms with Crippen molar-refractivity contribution in [2.75, 3.05) is 24.6 Å². The van der Waals surface area contributed by atoms with Crippen LogP contribution in [-0.4, -0.2) is 63.3 Å². The van der Waals surface area contributed by atoms with E-state index in [1.165, 1.54) is 11.1 Å². The first kappa shape index (κ1) is 33.3. The zero-order chi connectivity index (χ0) is 26.5. The maximum Gasteiger partial charge on any atom is 0.321 e. The third-order valence-electron chi connectivity index (χ3n) is 4.26. The molecule has 196 valence electrons. The largest absolute Gasteiger partial charge is 0.481 e. The molecule has 0 fully saturated rings. The molecule has 7 nitrogen and oxygen atoms in total. The monoisotopic (exact) mass is 541 g/mol. The smallest absolute Gasteiger partial charge is 0.321 e. The number of benzene rings is 2. The Morgan fingerprint density at radius 1 is 0.800 bits per heavy atom. The lowest BCUT2D eigenvalue weighted by Crippen LogP contribution is -2.32. The van der Waals surface area contributed by atoms with Gasteiger partial charge in [-0.25, -0.2) is 0 Å². The molecule has 35 heavy (non-hydrogen) atoms. The molecule has 0 aliphatic rings. The Bertz CT molecular complexity index is 752. The SMILES string of the molecule is CC(CN)SCc1ccccc1.CC(CN)SCc1ccccc1.NC(CSCC(=O)O)C(=O)O. The number of carbonyl (C=O) groups is 2. The number of carboxylic acids is 2. The summed E-state index contributed by atoms with van der Waals surface area (Å²) in [6.45, 7) is 5.84. The summed E-state index contributed by atoms with van der Waals surface area (Å²) in [6, 6.07) is 20.0. The molecule has 2 aromatic rings. The molecule has 0 saturated heterocycles. The minimum atomic E-state index is -1.11. The van der Waals surface area contributed by atoms with Crippen LogP contribution < -0.4 is 17.2 Å². The van der Waals surface area contributed by atoms with Gasteiger partial charge in [0.05, 0.1) is 5.75 Å². The number of rotatable bonds is 13. The van der Waals surface area contributed by atoms with E-state index >= 15 is 0 Å². The van der Waals surface area contributed by atoms with Crippen LogP contribution in [0.4, 0.5) is 0 Å². The van der Waals surface area contributed by atoms with Crippen LogP contribution >= 0.6 is 35.3 Å². The second-order valence-corrected chi connectivity index (χ2v) is 11.4. The lowest BCUT2D eigenvalue weighted by Gasteiger charge is -2.07. The van der Waals surface area contributed by atoms with Crippen LogP contribution in [0.15, 0.2) is 60.7 Å². The Kier molecular flexibility index (Phi) is 20.5. The Labute approximate surface area is 222 Å². The molecule has 2 aromatic carbocycles. The van der Waals surface area contributed by atoms with Crippen molar-refractivity contribution in [3.05, 3.63) is 71.8 Å². The Hall–Kier alpha value is -1.69. The zero-order valence-corrected chi connectivity index (χ0v) is 22.9. The van der Waals surface area contributed by atoms with Crippen molar-refractivity contribution in [1.29, 1.82) is 0 Å². The molecule has 0 aliphatic carbocycles. The molecule has 0 aromatic heterocycles. The highest BCUT2D eigenvalue weighted by Crippen LogP contribution is 2.16. The highest BCUT2D eigenvalue weighted by Gasteiger charge is 2.11. The third-order valence-corrected chi connectivity index (χ3v) is 7.83. The summed E-state index contributed by atoms with van der Waals surface area (Å²) in [7, 11) is 0. The fourth-order valence-electron chi connectivity index (χ4n) is 2.11. The summed E-state index contributed by atoms with van der Waals surface area (Å²) >= 11 is 4.80. The molecule has 0 heterocycles. The van der Waals surface area contributed by atoms with Crippen molar-refractivity contribution in [2.24, 2.45) is 17.2 Å². The summed E-state index contributed by atoms with van der Waals surface area (Å²) in [5.41, 5.74) is 18.9. The molecule has 0 amide bonds. The van der Waals surface area contributed by atoms with Gasteiger partial charge in [0.15, 0.2) is 0 Å². The molecular weight excluding hydrogens is 502 g/mol. The lowest BCUT2D eigenvalue weighted by molar-refractivity contribution is -0.138. The molecule has 3 atom stereocenters. The Morgan fingerprint density at radius 3 is 1.51 bits per heavy atom. The van der Waals surface area contributed by atoms with Crippen molar-refractivity contribution in [1.82, 2.24) is 0 Å². The molecule has 3 unspecified atom stereocenters. The van der Waals surface area contributed by atoms with Crippen molar-refractivity contribution < 1.29 is 19.8 Å². The molecular formula is C25H39N3O4S3. The standard InChI is InChI=1S/2C10H15NS.C5H9NO4S/c2*1-9(7-11)12-8-10-5-3-2-4-6-10;6-3(5(9)10)1-11-2-4(7)8/h2*2-6,9H,7-8,11H2,1H3;3H,1-2,6H2,(H,7,8)(H,9,10). The Morgan fingerprint density at radius 2 is 1.20 bits per heavy atom. The first-order chi connectivity index (χ1) is 16.7. The van der Waals surface area contributed by atoms with E-state index in [-0.39, 0.29) is 11.5 Å². The first-order valence-electron chi connectivity index (χ1n) is 11.2. The van der Waals surface area contributed by atoms with Crippen LogP contribution in [-0.2, 0) is 21.1 Å². The number of thioether (sulfide) groups is 3. The van der Waals surface area contributed by atoms with Crippen molar-refractivity contribution in [3.8, 4) is 0 Å². The predicted molar refractivity (Wildman–Crippen MR) is 153 cm³/mol. The maximum absolute atomic E-state index is 10.1. The summed E-state index contributed by atoms with van der Waals surface area (Å²) in [6.07, 6.45) is 0. The second-order valence-electron chi connectivity index (χ2n) is 7.54. The third kappa shape index (κ3) is 20.2. The maximum atomic E-state index is 10.1. The highest BCUT2D eigenvalue weighted by molar-refractivity contribution is 8.00. The van der Waals surface area contributed by atoms with Crippen LogP contribution in [0.2, 0.25) is 0 Å². The molecule has 0 aliphatic heterocycles. The van der Waals surface area contributed by atoms with Gasteiger partial charge >= 0.3 is 11.9 Å². The van der Waals surface area contributed by atoms with Crippen LogP contribution in [0.5, 0.6) is 0 Å². The van der Waals surface area contributed by atoms with Gasteiger partial charge in [0, 0.05) is 40.8 Å². The van der Waals surface area contributed by atoms with Gasteiger partial charge in [0.2, 0.25) is 0 Å². The molecule has 10 heteroatoms. The summed E-state index contributed by atoms with van der Waals surface area (Å²) in [5.74, 6) is 0.0802. The van der Waals surface area contributed by atoms with Gasteiger partial charge in [0.1, 0.15) is 6.04 Å². The minimum absolute atomic E-state index is 0.110. The van der Waals surface area contributed by atoms with Crippen molar-refractivity contribution in [3.63, 3.8) is 0 Å². The van der Waals surface area contributed by atoms with Gasteiger partial charge in [-0.15, -0.1) is 11.8 Å². The Balaban J connectivity index is 0.000000496. The van der Waals surface area contributed by atoms with E-state index < -0.39 is 18.0 Å². The van der Waals surface area contributed by atoms with E-state index in [2.05, 4.69) is 62.4 Å². The number of hydrogen-bond donors (Lipinski definition) is 5. The van der Waals surface area contributed by atoms with E-state index in [9.17, 15) is 9.59 Å². The van der Waals surface area contributed by atoms with Gasteiger partial charge in [-0.05, 0) is 11.1 Å². The van der Waals surface area contributed by atoms with Gasteiger partial charge < -0.3 is 27.4 Å². The van der Waals surface area contributed by atoms with Gasteiger partial charge in [-0.2, -0.15) is 23.5 Å². The van der Waals surface area contributed by atoms with E-state index in [0.29, 0.717) is 10.5 Å². The van der Waals surface area contributed by atoms with E-state index in [1.807, 2.05) is 35.7 Å². The number of hydrogen-bond acceptors (Lipinski definition) is 8. The lowest BCUT2D eigenvalue weighted by atomic mass is 10.2. The van der Waals surface area contributed by atoms with Crippen molar-refractivity contribution in [2.45, 2.75) is 41.9 Å². The van der Waals surface area contributed by atoms with Gasteiger partial charge in [-0.3, -0.25) is 9.59 Å². The molecule has 2 rings (SSSR count). The minimum Gasteiger partial charge on any atom is -0.481 e. The quantitative estimate of drug-likeness (QED) is 0.253. The van der Waals surface area contributed by atoms with E-state index in [1.54, 1.807) is 0 Å². The zero-order valence-electron chi connectivity index (χ0n) is 20.4. The molecule has 0 radical (unpaired) electrons. The average molecular weight is 542 g/mol. The normalized spacial score (nSPS) is 12.7. The number of aliphatic carboxylic acids is 2. The topological polar surface area (TPSA) is 153 Å². The number of nitrogens with two attached hydrogens (primary N) is 3. The fourth-order valence-corrected chi connectivity index (χ4v) is 4.41. The molecule has 8 N–H and O–H groups in total. The average Bonchev–Trinajstić information content (AvgIpc) is 2.87. The highest BCUT2D eigenvalue weighted by atomic mass is 32.2. The van der Waals surface area contributed by atoms with Crippen LogP contribution in [0.25, 0.3) is 0 Å². The first-order valence-corrected chi connectivity index (χ1v) is 14.4. The predicted octanol–water partition coefficient (Wildman–Crippen LogP) is 3.75. The summed E-state index contributed by atoms with van der Waals surface area (Å²) in [4.78, 5) is 20.0. The van der Waals surface area contributed by atoms with Crippen LogP contribution in [0.1, 0.15) is 25.0 Å². The van der Waals surface area contributed by atoms with E-state index in [0.717, 1.165) is 36.4 Å². The second kappa shape index (κ2) is 21.6. The molecule has 0 spiro atoms. The molecule has 0 bridgehead atoms. The number of carboxylic acid groups (broad SMARTS) is 2. The van der Waals surface area contributed by atoms with E-state index in [4.69, 9.17) is 27.4 Å². The van der Waals surface area contributed by atoms with Gasteiger partial charge in [0.25, 0.3) is 0 Å². The van der Waals surface area contributed by atoms with Gasteiger partial charge in [-0.1, -0.05) is 74.5 Å². The van der Waals surface area contributed by atoms with Crippen LogP contribution in [0.3, 0.4) is 0 Å². The fraction of sp³-hybridized carbons (Fsp3) is 0.440. The van der Waals surface area contributed by atoms with Crippen LogP contribution in [0, 0.1) is 0 Å².